The molecular formula is C27H34N2O7. The minimum absolute atomic E-state index is 0.00792. The smallest absolute Gasteiger partial charge is 0.303 e. The number of benzene rings is 2. The zero-order chi connectivity index (χ0) is 25.3. The average Bonchev–Trinajstić information content (AvgIpc) is 2.89. The lowest BCUT2D eigenvalue weighted by atomic mass is 9.99. The summed E-state index contributed by atoms with van der Waals surface area (Å²) in [5.74, 6) is -1.14. The molecule has 2 saturated heterocycles. The highest BCUT2D eigenvalue weighted by atomic mass is 16.7. The molecule has 0 bridgehead atoms. The Morgan fingerprint density at radius 2 is 1.78 bits per heavy atom. The summed E-state index contributed by atoms with van der Waals surface area (Å²) < 4.78 is 18.3. The van der Waals surface area contributed by atoms with E-state index in [9.17, 15) is 14.7 Å². The summed E-state index contributed by atoms with van der Waals surface area (Å²) in [6.07, 6.45) is 0.233. The summed E-state index contributed by atoms with van der Waals surface area (Å²) in [6.45, 7) is 3.93. The molecule has 9 heteroatoms. The second-order valence-corrected chi connectivity index (χ2v) is 9.18. The van der Waals surface area contributed by atoms with E-state index >= 15 is 0 Å². The number of aliphatic carboxylic acids is 1. The summed E-state index contributed by atoms with van der Waals surface area (Å²) in [5.41, 5.74) is 3.27. The van der Waals surface area contributed by atoms with Crippen LogP contribution in [-0.2, 0) is 30.4 Å². The third-order valence-corrected chi connectivity index (χ3v) is 6.42. The average molecular weight is 499 g/mol. The van der Waals surface area contributed by atoms with Gasteiger partial charge in [0, 0.05) is 50.1 Å². The molecule has 0 aromatic heterocycles. The van der Waals surface area contributed by atoms with E-state index in [0.29, 0.717) is 25.3 Å². The van der Waals surface area contributed by atoms with Crippen LogP contribution in [-0.4, -0.2) is 65.9 Å². The van der Waals surface area contributed by atoms with Crippen molar-refractivity contribution >= 4 is 17.6 Å². The number of aliphatic hydroxyl groups is 1. The Morgan fingerprint density at radius 1 is 1.00 bits per heavy atom. The lowest BCUT2D eigenvalue weighted by molar-refractivity contribution is -0.253. The molecule has 9 nitrogen and oxygen atoms in total. The molecule has 194 valence electrons. The van der Waals surface area contributed by atoms with E-state index in [1.54, 1.807) is 6.07 Å². The molecule has 0 radical (unpaired) electrons. The first-order valence-corrected chi connectivity index (χ1v) is 12.4. The Hall–Kier alpha value is -2.82. The number of amides is 1. The van der Waals surface area contributed by atoms with Gasteiger partial charge in [-0.2, -0.15) is 0 Å². The van der Waals surface area contributed by atoms with Crippen LogP contribution in [0, 0.1) is 0 Å². The van der Waals surface area contributed by atoms with Gasteiger partial charge in [-0.05, 0) is 29.7 Å². The van der Waals surface area contributed by atoms with Gasteiger partial charge in [-0.1, -0.05) is 36.4 Å². The molecule has 0 unspecified atom stereocenters. The third-order valence-electron chi connectivity index (χ3n) is 6.42. The largest absolute Gasteiger partial charge is 0.481 e. The zero-order valence-electron chi connectivity index (χ0n) is 20.3. The SMILES string of the molecule is O=C(O)CCCC(=O)Nc1cccc([C@H]2O[C@@H](CN3CCOCC3)C[C@@H](c3ccc(CO)cc3)O2)c1. The molecule has 2 fully saturated rings. The number of carbonyl (C=O) groups is 2. The molecule has 0 aliphatic carbocycles. The van der Waals surface area contributed by atoms with Gasteiger partial charge >= 0.3 is 5.97 Å². The van der Waals surface area contributed by atoms with Crippen LogP contribution < -0.4 is 5.32 Å². The number of aliphatic hydroxyl groups excluding tert-OH is 1. The van der Waals surface area contributed by atoms with Crippen LogP contribution in [0.3, 0.4) is 0 Å². The molecule has 2 aliphatic heterocycles. The fraction of sp³-hybridized carbons (Fsp3) is 0.481. The Labute approximate surface area is 211 Å². The number of carbonyl (C=O) groups excluding carboxylic acids is 1. The number of carboxylic acids is 1. The summed E-state index contributed by atoms with van der Waals surface area (Å²) >= 11 is 0. The van der Waals surface area contributed by atoms with Gasteiger partial charge < -0.3 is 29.7 Å². The molecule has 4 rings (SSSR count). The fourth-order valence-electron chi connectivity index (χ4n) is 4.49. The second kappa shape index (κ2) is 12.9. The van der Waals surface area contributed by atoms with Crippen molar-refractivity contribution in [1.82, 2.24) is 4.90 Å². The number of hydrogen-bond acceptors (Lipinski definition) is 7. The molecule has 3 N–H and O–H groups in total. The molecule has 0 spiro atoms. The van der Waals surface area contributed by atoms with E-state index in [-0.39, 0.29) is 44.0 Å². The molecule has 2 heterocycles. The van der Waals surface area contributed by atoms with Crippen LogP contribution >= 0.6 is 0 Å². The van der Waals surface area contributed by atoms with E-state index in [0.717, 1.165) is 36.3 Å². The maximum atomic E-state index is 12.2. The highest BCUT2D eigenvalue weighted by molar-refractivity contribution is 5.90. The van der Waals surface area contributed by atoms with Crippen LogP contribution in [0.4, 0.5) is 5.69 Å². The normalized spacial score (nSPS) is 22.8. The summed E-state index contributed by atoms with van der Waals surface area (Å²) in [5, 5.41) is 21.0. The monoisotopic (exact) mass is 498 g/mol. The summed E-state index contributed by atoms with van der Waals surface area (Å²) in [6, 6.07) is 15.2. The lowest BCUT2D eigenvalue weighted by Gasteiger charge is -2.39. The minimum atomic E-state index is -0.913. The van der Waals surface area contributed by atoms with Crippen molar-refractivity contribution in [3.05, 3.63) is 65.2 Å². The predicted molar refractivity (Wildman–Crippen MR) is 132 cm³/mol. The maximum absolute atomic E-state index is 12.2. The first-order chi connectivity index (χ1) is 17.5. The quantitative estimate of drug-likeness (QED) is 0.457. The van der Waals surface area contributed by atoms with Crippen LogP contribution in [0.15, 0.2) is 48.5 Å². The fourth-order valence-corrected chi connectivity index (χ4v) is 4.49. The van der Waals surface area contributed by atoms with Gasteiger partial charge in [0.25, 0.3) is 0 Å². The van der Waals surface area contributed by atoms with Crippen molar-refractivity contribution in [2.24, 2.45) is 0 Å². The highest BCUT2D eigenvalue weighted by Gasteiger charge is 2.33. The van der Waals surface area contributed by atoms with Gasteiger partial charge in [0.15, 0.2) is 6.29 Å². The highest BCUT2D eigenvalue weighted by Crippen LogP contribution is 2.38. The van der Waals surface area contributed by atoms with Gasteiger partial charge in [-0.25, -0.2) is 0 Å². The summed E-state index contributed by atoms with van der Waals surface area (Å²) in [7, 11) is 0. The number of morpholine rings is 1. The maximum Gasteiger partial charge on any atom is 0.303 e. The van der Waals surface area contributed by atoms with Crippen molar-refractivity contribution in [3.63, 3.8) is 0 Å². The Bertz CT molecular complexity index is 1010. The van der Waals surface area contributed by atoms with Crippen molar-refractivity contribution in [1.29, 1.82) is 0 Å². The van der Waals surface area contributed by atoms with Crippen molar-refractivity contribution in [2.75, 3.05) is 38.2 Å². The number of hydrogen-bond donors (Lipinski definition) is 3. The molecule has 0 saturated carbocycles. The molecule has 1 amide bonds. The lowest BCUT2D eigenvalue weighted by Crippen LogP contribution is -2.44. The molecule has 2 aromatic rings. The van der Waals surface area contributed by atoms with Crippen LogP contribution in [0.2, 0.25) is 0 Å². The number of carboxylic acid groups (broad SMARTS) is 1. The Kier molecular flexibility index (Phi) is 9.43. The second-order valence-electron chi connectivity index (χ2n) is 9.18. The topological polar surface area (TPSA) is 118 Å². The van der Waals surface area contributed by atoms with Crippen LogP contribution in [0.1, 0.15) is 54.8 Å². The van der Waals surface area contributed by atoms with Crippen molar-refractivity contribution in [3.8, 4) is 0 Å². The Balaban J connectivity index is 1.47. The van der Waals surface area contributed by atoms with Gasteiger partial charge in [0.05, 0.1) is 32.0 Å². The predicted octanol–water partition coefficient (Wildman–Crippen LogP) is 3.25. The van der Waals surface area contributed by atoms with E-state index in [1.807, 2.05) is 42.5 Å². The van der Waals surface area contributed by atoms with E-state index in [4.69, 9.17) is 19.3 Å². The molecule has 3 atom stereocenters. The van der Waals surface area contributed by atoms with Crippen LogP contribution in [0.5, 0.6) is 0 Å². The van der Waals surface area contributed by atoms with Gasteiger partial charge in [0.2, 0.25) is 5.91 Å². The van der Waals surface area contributed by atoms with Gasteiger partial charge in [0.1, 0.15) is 0 Å². The van der Waals surface area contributed by atoms with E-state index < -0.39 is 12.3 Å². The first kappa shape index (κ1) is 26.2. The number of nitrogens with zero attached hydrogens (tertiary/aromatic N) is 1. The number of ether oxygens (including phenoxy) is 3. The standard InChI is InChI=1S/C27H34N2O7/c30-18-19-7-9-20(10-8-19)24-16-23(17-29-11-13-34-14-12-29)35-27(36-24)21-3-1-4-22(15-21)28-25(31)5-2-6-26(32)33/h1,3-4,7-10,15,23-24,27,30H,2,5-6,11-14,16-18H2,(H,28,31)(H,32,33)/t23-,24+,27+/m1/s1. The molecule has 2 aliphatic rings. The third kappa shape index (κ3) is 7.59. The van der Waals surface area contributed by atoms with E-state index in [2.05, 4.69) is 10.2 Å². The Morgan fingerprint density at radius 3 is 2.50 bits per heavy atom. The number of rotatable bonds is 10. The molecule has 36 heavy (non-hydrogen) atoms. The zero-order valence-corrected chi connectivity index (χ0v) is 20.3. The molecular weight excluding hydrogens is 464 g/mol. The van der Waals surface area contributed by atoms with Crippen molar-refractivity contribution < 1.29 is 34.0 Å². The molecule has 2 aromatic carbocycles. The van der Waals surface area contributed by atoms with Gasteiger partial charge in [-0.15, -0.1) is 0 Å². The van der Waals surface area contributed by atoms with Crippen molar-refractivity contribution in [2.45, 2.75) is 50.8 Å². The number of anilines is 1. The summed E-state index contributed by atoms with van der Waals surface area (Å²) in [4.78, 5) is 25.3. The minimum Gasteiger partial charge on any atom is -0.481 e. The van der Waals surface area contributed by atoms with E-state index in [1.165, 1.54) is 0 Å². The van der Waals surface area contributed by atoms with Gasteiger partial charge in [-0.3, -0.25) is 14.5 Å². The first-order valence-electron chi connectivity index (χ1n) is 12.4. The number of nitrogens with one attached hydrogen (secondary N) is 1. The van der Waals surface area contributed by atoms with Crippen LogP contribution in [0.25, 0.3) is 0 Å².